The number of benzene rings is 2. The number of rotatable bonds is 4. The zero-order valence-electron chi connectivity index (χ0n) is 10.5. The molecule has 0 N–H and O–H groups in total. The molecule has 1 atom stereocenters. The lowest BCUT2D eigenvalue weighted by Gasteiger charge is -2.07. The molecule has 0 spiro atoms. The minimum atomic E-state index is 0.181. The lowest BCUT2D eigenvalue weighted by molar-refractivity contribution is 0.103. The molecule has 2 aromatic carbocycles. The van der Waals surface area contributed by atoms with Crippen molar-refractivity contribution in [1.29, 1.82) is 0 Å². The Kier molecular flexibility index (Phi) is 3.84. The molecule has 0 saturated carbocycles. The molecule has 0 bridgehead atoms. The summed E-state index contributed by atoms with van der Waals surface area (Å²) in [6.07, 6.45) is 1.07. The van der Waals surface area contributed by atoms with E-state index in [9.17, 15) is 0 Å². The molecule has 1 aliphatic heterocycles. The molecule has 0 saturated heterocycles. The minimum Gasteiger partial charge on any atom is -0.391 e. The van der Waals surface area contributed by atoms with Crippen LogP contribution < -0.4 is 0 Å². The quantitative estimate of drug-likeness (QED) is 0.783. The second kappa shape index (κ2) is 5.93. The predicted molar refractivity (Wildman–Crippen MR) is 79.6 cm³/mol. The zero-order chi connectivity index (χ0) is 12.9. The predicted octanol–water partition coefficient (Wildman–Crippen LogP) is 3.97. The van der Waals surface area contributed by atoms with E-state index in [0.29, 0.717) is 0 Å². The van der Waals surface area contributed by atoms with Crippen LogP contribution in [0.5, 0.6) is 0 Å². The van der Waals surface area contributed by atoms with Gasteiger partial charge in [0.1, 0.15) is 6.10 Å². The van der Waals surface area contributed by atoms with E-state index in [2.05, 4.69) is 41.6 Å². The van der Waals surface area contributed by atoms with E-state index in [1.54, 1.807) is 0 Å². The van der Waals surface area contributed by atoms with Gasteiger partial charge in [-0.25, -0.2) is 0 Å². The van der Waals surface area contributed by atoms with Crippen LogP contribution in [0.4, 0.5) is 0 Å². The summed E-state index contributed by atoms with van der Waals surface area (Å²) < 4.78 is 0. The molecule has 3 heteroatoms. The number of thioether (sulfide) groups is 1. The monoisotopic (exact) mass is 269 g/mol. The van der Waals surface area contributed by atoms with Crippen molar-refractivity contribution in [2.75, 3.05) is 5.75 Å². The second-order valence-corrected chi connectivity index (χ2v) is 5.55. The van der Waals surface area contributed by atoms with Crippen LogP contribution in [-0.4, -0.2) is 17.6 Å². The lowest BCUT2D eigenvalue weighted by atomic mass is 10.1. The topological polar surface area (TPSA) is 21.6 Å². The first-order valence-corrected chi connectivity index (χ1v) is 7.36. The average molecular weight is 269 g/mol. The van der Waals surface area contributed by atoms with Crippen LogP contribution in [0.15, 0.2) is 70.7 Å². The molecule has 0 unspecified atom stereocenters. The van der Waals surface area contributed by atoms with Crippen LogP contribution in [0.1, 0.15) is 12.0 Å². The van der Waals surface area contributed by atoms with Gasteiger partial charge in [-0.3, -0.25) is 0 Å². The Morgan fingerprint density at radius 2 is 1.68 bits per heavy atom. The van der Waals surface area contributed by atoms with Crippen molar-refractivity contribution >= 4 is 17.5 Å². The molecule has 1 heterocycles. The fourth-order valence-electron chi connectivity index (χ4n) is 2.02. The molecule has 0 amide bonds. The van der Waals surface area contributed by atoms with Crippen LogP contribution in [0.3, 0.4) is 0 Å². The third kappa shape index (κ3) is 3.18. The van der Waals surface area contributed by atoms with Crippen LogP contribution >= 0.6 is 11.8 Å². The average Bonchev–Trinajstić information content (AvgIpc) is 2.96. The fraction of sp³-hybridized carbons (Fsp3) is 0.188. The fourth-order valence-corrected chi connectivity index (χ4v) is 2.93. The summed E-state index contributed by atoms with van der Waals surface area (Å²) in [4.78, 5) is 6.79. The third-order valence-corrected chi connectivity index (χ3v) is 4.16. The van der Waals surface area contributed by atoms with E-state index in [0.717, 1.165) is 23.4 Å². The summed E-state index contributed by atoms with van der Waals surface area (Å²) >= 11 is 1.82. The summed E-state index contributed by atoms with van der Waals surface area (Å²) in [6.45, 7) is 0. The van der Waals surface area contributed by atoms with Crippen molar-refractivity contribution in [2.45, 2.75) is 17.4 Å². The Morgan fingerprint density at radius 3 is 2.42 bits per heavy atom. The maximum Gasteiger partial charge on any atom is 0.142 e. The molecule has 1 aliphatic rings. The first kappa shape index (κ1) is 12.3. The minimum absolute atomic E-state index is 0.181. The van der Waals surface area contributed by atoms with Crippen LogP contribution in [0.2, 0.25) is 0 Å². The SMILES string of the molecule is c1ccc(SC[C@H]2CC(c3ccccc3)=NO2)cc1. The number of oxime groups is 1. The Morgan fingerprint density at radius 1 is 1.00 bits per heavy atom. The zero-order valence-corrected chi connectivity index (χ0v) is 11.3. The summed E-state index contributed by atoms with van der Waals surface area (Å²) in [5.74, 6) is 0.934. The molecule has 2 aromatic rings. The Balaban J connectivity index is 1.54. The van der Waals surface area contributed by atoms with Crippen molar-refractivity contribution in [3.05, 3.63) is 66.2 Å². The van der Waals surface area contributed by atoms with Gasteiger partial charge >= 0.3 is 0 Å². The molecule has 96 valence electrons. The van der Waals surface area contributed by atoms with Crippen molar-refractivity contribution in [3.8, 4) is 0 Å². The van der Waals surface area contributed by atoms with Crippen LogP contribution in [-0.2, 0) is 4.84 Å². The third-order valence-electron chi connectivity index (χ3n) is 3.02. The molecule has 2 nitrogen and oxygen atoms in total. The smallest absolute Gasteiger partial charge is 0.142 e. The largest absolute Gasteiger partial charge is 0.391 e. The van der Waals surface area contributed by atoms with Crippen molar-refractivity contribution in [2.24, 2.45) is 5.16 Å². The number of nitrogens with zero attached hydrogens (tertiary/aromatic N) is 1. The van der Waals surface area contributed by atoms with Crippen molar-refractivity contribution in [1.82, 2.24) is 0 Å². The van der Waals surface area contributed by atoms with Gasteiger partial charge in [-0.2, -0.15) is 0 Å². The molecular formula is C16H15NOS. The molecule has 3 rings (SSSR count). The molecule has 0 aromatic heterocycles. The highest BCUT2D eigenvalue weighted by molar-refractivity contribution is 7.99. The summed E-state index contributed by atoms with van der Waals surface area (Å²) in [5.41, 5.74) is 2.22. The van der Waals surface area contributed by atoms with Gasteiger partial charge in [0, 0.05) is 17.1 Å². The number of hydrogen-bond acceptors (Lipinski definition) is 3. The van der Waals surface area contributed by atoms with E-state index >= 15 is 0 Å². The maximum absolute atomic E-state index is 5.51. The van der Waals surface area contributed by atoms with Gasteiger partial charge in [-0.05, 0) is 17.7 Å². The highest BCUT2D eigenvalue weighted by atomic mass is 32.2. The summed E-state index contributed by atoms with van der Waals surface area (Å²) in [7, 11) is 0. The lowest BCUT2D eigenvalue weighted by Crippen LogP contribution is -2.11. The normalized spacial score (nSPS) is 17.9. The van der Waals surface area contributed by atoms with Gasteiger partial charge in [0.2, 0.25) is 0 Å². The van der Waals surface area contributed by atoms with Crippen molar-refractivity contribution in [3.63, 3.8) is 0 Å². The highest BCUT2D eigenvalue weighted by Gasteiger charge is 2.21. The van der Waals surface area contributed by atoms with E-state index in [4.69, 9.17) is 4.84 Å². The van der Waals surface area contributed by atoms with Gasteiger partial charge in [0.15, 0.2) is 0 Å². The van der Waals surface area contributed by atoms with Gasteiger partial charge in [-0.1, -0.05) is 53.7 Å². The molecule has 0 fully saturated rings. The van der Waals surface area contributed by atoms with Gasteiger partial charge < -0.3 is 4.84 Å². The second-order valence-electron chi connectivity index (χ2n) is 4.46. The molecule has 0 aliphatic carbocycles. The first-order valence-electron chi connectivity index (χ1n) is 6.38. The van der Waals surface area contributed by atoms with E-state index in [1.165, 1.54) is 4.90 Å². The summed E-state index contributed by atoms with van der Waals surface area (Å²) in [6, 6.07) is 20.6. The van der Waals surface area contributed by atoms with Gasteiger partial charge in [-0.15, -0.1) is 11.8 Å². The van der Waals surface area contributed by atoms with Gasteiger partial charge in [0.25, 0.3) is 0 Å². The first-order chi connectivity index (χ1) is 9.42. The molecule has 19 heavy (non-hydrogen) atoms. The molecular weight excluding hydrogens is 254 g/mol. The van der Waals surface area contributed by atoms with E-state index < -0.39 is 0 Å². The summed E-state index contributed by atoms with van der Waals surface area (Å²) in [5, 5.41) is 4.20. The van der Waals surface area contributed by atoms with E-state index in [1.807, 2.05) is 36.0 Å². The molecule has 0 radical (unpaired) electrons. The Hall–Kier alpha value is -1.74. The standard InChI is InChI=1S/C16H15NOS/c1-3-7-13(8-4-1)16-11-14(18-17-16)12-19-15-9-5-2-6-10-15/h1-10,14H,11-12H2/t14-/m1/s1. The van der Waals surface area contributed by atoms with Gasteiger partial charge in [0.05, 0.1) is 5.71 Å². The Bertz CT molecular complexity index is 553. The van der Waals surface area contributed by atoms with Crippen molar-refractivity contribution < 1.29 is 4.84 Å². The van der Waals surface area contributed by atoms with Crippen LogP contribution in [0, 0.1) is 0 Å². The Labute approximate surface area is 117 Å². The maximum atomic E-state index is 5.51. The highest BCUT2D eigenvalue weighted by Crippen LogP contribution is 2.24. The number of hydrogen-bond donors (Lipinski definition) is 0. The van der Waals surface area contributed by atoms with E-state index in [-0.39, 0.29) is 6.10 Å². The van der Waals surface area contributed by atoms with Crippen LogP contribution in [0.25, 0.3) is 0 Å².